The highest BCUT2D eigenvalue weighted by atomic mass is 32.2. The van der Waals surface area contributed by atoms with E-state index in [2.05, 4.69) is 26.5 Å². The Morgan fingerprint density at radius 3 is 2.48 bits per heavy atom. The maximum absolute atomic E-state index is 12.5. The zero-order valence-electron chi connectivity index (χ0n) is 16.3. The number of hydrogen-bond acceptors (Lipinski definition) is 5. The first-order chi connectivity index (χ1) is 13.0. The van der Waals surface area contributed by atoms with Crippen molar-refractivity contribution in [1.29, 1.82) is 0 Å². The van der Waals surface area contributed by atoms with Crippen LogP contribution in [0.1, 0.15) is 12.8 Å². The van der Waals surface area contributed by atoms with Crippen LogP contribution in [0.2, 0.25) is 0 Å². The standard InChI is InChI=1S/C20H32N4O2S/c1-22-9-11-23(12-10-22)15-18-16-24-8-7-17(18)13-19(24)14-21-27(25,26)20-5-3-2-4-6-20/h2-6,17-19,21H,7-16H2,1H3. The summed E-state index contributed by atoms with van der Waals surface area (Å²) >= 11 is 0. The van der Waals surface area contributed by atoms with E-state index in [1.54, 1.807) is 24.3 Å². The molecule has 1 aromatic rings. The lowest BCUT2D eigenvalue weighted by molar-refractivity contribution is -0.0149. The predicted octanol–water partition coefficient (Wildman–Crippen LogP) is 0.923. The van der Waals surface area contributed by atoms with Gasteiger partial charge in [-0.2, -0.15) is 0 Å². The molecule has 0 spiro atoms. The van der Waals surface area contributed by atoms with Gasteiger partial charge in [0.1, 0.15) is 0 Å². The molecule has 1 aromatic carbocycles. The number of benzene rings is 1. The quantitative estimate of drug-likeness (QED) is 0.780. The van der Waals surface area contributed by atoms with Crippen LogP contribution in [0.5, 0.6) is 0 Å². The van der Waals surface area contributed by atoms with E-state index in [-0.39, 0.29) is 0 Å². The van der Waals surface area contributed by atoms with E-state index in [9.17, 15) is 8.42 Å². The highest BCUT2D eigenvalue weighted by Gasteiger charge is 2.40. The van der Waals surface area contributed by atoms with Crippen molar-refractivity contribution in [3.8, 4) is 0 Å². The molecule has 0 radical (unpaired) electrons. The van der Waals surface area contributed by atoms with Gasteiger partial charge in [0.2, 0.25) is 10.0 Å². The molecule has 4 unspecified atom stereocenters. The molecular formula is C20H32N4O2S. The van der Waals surface area contributed by atoms with Crippen LogP contribution < -0.4 is 4.72 Å². The fourth-order valence-corrected chi connectivity index (χ4v) is 6.01. The van der Waals surface area contributed by atoms with E-state index in [1.807, 2.05) is 6.07 Å². The average molecular weight is 393 g/mol. The predicted molar refractivity (Wildman–Crippen MR) is 107 cm³/mol. The molecule has 0 aromatic heterocycles. The van der Waals surface area contributed by atoms with Crippen LogP contribution in [0.4, 0.5) is 0 Å². The Labute approximate surface area is 163 Å². The number of nitrogens with one attached hydrogen (secondary N) is 1. The van der Waals surface area contributed by atoms with Gasteiger partial charge in [-0.15, -0.1) is 0 Å². The Morgan fingerprint density at radius 2 is 1.81 bits per heavy atom. The second-order valence-corrected chi connectivity index (χ2v) is 10.2. The third-order valence-corrected chi connectivity index (χ3v) is 8.10. The van der Waals surface area contributed by atoms with Crippen molar-refractivity contribution in [3.05, 3.63) is 30.3 Å². The molecule has 0 aliphatic carbocycles. The SMILES string of the molecule is CN1CCN(CC2CN3CCC2CC3CNS(=O)(=O)c2ccccc2)CC1. The second-order valence-electron chi connectivity index (χ2n) is 8.46. The van der Waals surface area contributed by atoms with Crippen molar-refractivity contribution in [2.75, 3.05) is 59.4 Å². The molecule has 150 valence electrons. The third kappa shape index (κ3) is 4.54. The fourth-order valence-electron chi connectivity index (χ4n) is 4.92. The second kappa shape index (κ2) is 8.17. The molecule has 4 heterocycles. The fraction of sp³-hybridized carbons (Fsp3) is 0.700. The van der Waals surface area contributed by atoms with Crippen molar-refractivity contribution >= 4 is 10.0 Å². The number of hydrogen-bond donors (Lipinski definition) is 1. The van der Waals surface area contributed by atoms with E-state index in [1.165, 1.54) is 39.1 Å². The number of sulfonamides is 1. The van der Waals surface area contributed by atoms with Crippen molar-refractivity contribution in [2.24, 2.45) is 11.8 Å². The van der Waals surface area contributed by atoms with Gasteiger partial charge in [-0.1, -0.05) is 18.2 Å². The van der Waals surface area contributed by atoms with Crippen LogP contribution in [0, 0.1) is 11.8 Å². The first kappa shape index (κ1) is 19.3. The summed E-state index contributed by atoms with van der Waals surface area (Å²) in [4.78, 5) is 7.91. The molecule has 0 amide bonds. The first-order valence-corrected chi connectivity index (χ1v) is 11.7. The third-order valence-electron chi connectivity index (χ3n) is 6.67. The first-order valence-electron chi connectivity index (χ1n) is 10.2. The number of likely N-dealkylation sites (N-methyl/N-ethyl adjacent to an activating group) is 1. The van der Waals surface area contributed by atoms with E-state index in [4.69, 9.17) is 0 Å². The summed E-state index contributed by atoms with van der Waals surface area (Å²) in [6.07, 6.45) is 2.38. The van der Waals surface area contributed by atoms with Gasteiger partial charge in [-0.05, 0) is 50.4 Å². The van der Waals surface area contributed by atoms with Crippen molar-refractivity contribution in [3.63, 3.8) is 0 Å². The van der Waals surface area contributed by atoms with E-state index in [0.29, 0.717) is 17.5 Å². The van der Waals surface area contributed by atoms with Crippen molar-refractivity contribution in [1.82, 2.24) is 19.4 Å². The summed E-state index contributed by atoms with van der Waals surface area (Å²) in [6.45, 7) is 8.67. The Bertz CT molecular complexity index is 719. The molecular weight excluding hydrogens is 360 g/mol. The van der Waals surface area contributed by atoms with Gasteiger partial charge >= 0.3 is 0 Å². The summed E-state index contributed by atoms with van der Waals surface area (Å²) in [7, 11) is -1.21. The average Bonchev–Trinajstić information content (AvgIpc) is 2.70. The minimum Gasteiger partial charge on any atom is -0.304 e. The van der Waals surface area contributed by atoms with E-state index >= 15 is 0 Å². The van der Waals surface area contributed by atoms with E-state index in [0.717, 1.165) is 31.3 Å². The summed E-state index contributed by atoms with van der Waals surface area (Å²) in [5.74, 6) is 1.48. The topological polar surface area (TPSA) is 55.9 Å². The highest BCUT2D eigenvalue weighted by molar-refractivity contribution is 7.89. The zero-order chi connectivity index (χ0) is 18.9. The van der Waals surface area contributed by atoms with Gasteiger partial charge in [0.05, 0.1) is 4.90 Å². The number of fused-ring (bicyclic) bond motifs is 3. The van der Waals surface area contributed by atoms with Crippen LogP contribution in [-0.2, 0) is 10.0 Å². The Morgan fingerprint density at radius 1 is 1.07 bits per heavy atom. The molecule has 4 aliphatic rings. The van der Waals surface area contributed by atoms with Crippen LogP contribution >= 0.6 is 0 Å². The molecule has 4 atom stereocenters. The Kier molecular flexibility index (Phi) is 5.85. The van der Waals surface area contributed by atoms with Crippen molar-refractivity contribution in [2.45, 2.75) is 23.8 Å². The van der Waals surface area contributed by atoms with Crippen LogP contribution in [0.25, 0.3) is 0 Å². The summed E-state index contributed by atoms with van der Waals surface area (Å²) in [5.41, 5.74) is 0. The van der Waals surface area contributed by atoms with Crippen molar-refractivity contribution < 1.29 is 8.42 Å². The minimum atomic E-state index is -3.41. The Balaban J connectivity index is 1.30. The van der Waals surface area contributed by atoms with Gasteiger partial charge in [-0.3, -0.25) is 4.90 Å². The molecule has 4 aliphatic heterocycles. The molecule has 1 N–H and O–H groups in total. The van der Waals surface area contributed by atoms with E-state index < -0.39 is 10.0 Å². The number of rotatable bonds is 6. The molecule has 0 saturated carbocycles. The summed E-state index contributed by atoms with van der Waals surface area (Å²) in [5, 5.41) is 0. The van der Waals surface area contributed by atoms with Crippen LogP contribution in [-0.4, -0.2) is 88.6 Å². The smallest absolute Gasteiger partial charge is 0.240 e. The highest BCUT2D eigenvalue weighted by Crippen LogP contribution is 2.36. The van der Waals surface area contributed by atoms with Gasteiger partial charge < -0.3 is 9.80 Å². The van der Waals surface area contributed by atoms with Gasteiger partial charge in [0.15, 0.2) is 0 Å². The normalized spacial score (nSPS) is 32.6. The molecule has 27 heavy (non-hydrogen) atoms. The van der Waals surface area contributed by atoms with Crippen LogP contribution in [0.15, 0.2) is 35.2 Å². The largest absolute Gasteiger partial charge is 0.304 e. The Hall–Kier alpha value is -0.990. The lowest BCUT2D eigenvalue weighted by Crippen LogP contribution is -2.59. The van der Waals surface area contributed by atoms with Gasteiger partial charge in [0, 0.05) is 51.9 Å². The molecule has 7 heteroatoms. The van der Waals surface area contributed by atoms with Gasteiger partial charge in [0.25, 0.3) is 0 Å². The summed E-state index contributed by atoms with van der Waals surface area (Å²) in [6, 6.07) is 9.02. The molecule has 6 nitrogen and oxygen atoms in total. The molecule has 5 rings (SSSR count). The molecule has 2 bridgehead atoms. The monoisotopic (exact) mass is 392 g/mol. The number of nitrogens with zero attached hydrogens (tertiary/aromatic N) is 3. The molecule has 4 saturated heterocycles. The lowest BCUT2D eigenvalue weighted by atomic mass is 9.75. The minimum absolute atomic E-state index is 0.339. The number of piperazine rings is 1. The summed E-state index contributed by atoms with van der Waals surface area (Å²) < 4.78 is 27.8. The number of piperidine rings is 3. The van der Waals surface area contributed by atoms with Crippen LogP contribution in [0.3, 0.4) is 0 Å². The zero-order valence-corrected chi connectivity index (χ0v) is 17.1. The lowest BCUT2D eigenvalue weighted by Gasteiger charge is -2.51. The maximum Gasteiger partial charge on any atom is 0.240 e. The van der Waals surface area contributed by atoms with Gasteiger partial charge in [-0.25, -0.2) is 13.1 Å². The molecule has 4 fully saturated rings. The maximum atomic E-state index is 12.5.